The molecule has 7 heavy (non-hydrogen) atoms. The van der Waals surface area contributed by atoms with Crippen molar-refractivity contribution in [3.63, 3.8) is 0 Å². The molecule has 41 valence electrons. The molecule has 0 saturated carbocycles. The van der Waals surface area contributed by atoms with E-state index in [-0.39, 0.29) is 0 Å². The van der Waals surface area contributed by atoms with E-state index in [0.717, 1.165) is 12.1 Å². The van der Waals surface area contributed by atoms with E-state index in [2.05, 4.69) is 17.1 Å². The molecular weight excluding hydrogens is 90.1 g/mol. The summed E-state index contributed by atoms with van der Waals surface area (Å²) in [7, 11) is 3.09. The summed E-state index contributed by atoms with van der Waals surface area (Å²) in [5.74, 6) is 0. The van der Waals surface area contributed by atoms with Gasteiger partial charge in [-0.15, -0.1) is 0 Å². The molecule has 0 aromatic carbocycles. The smallest absolute Gasteiger partial charge is 0.153 e. The van der Waals surface area contributed by atoms with Gasteiger partial charge in [0.15, 0.2) is 7.11 Å². The minimum absolute atomic E-state index is 0.926. The van der Waals surface area contributed by atoms with Crippen molar-refractivity contribution in [2.24, 2.45) is 5.16 Å². The molecule has 2 heteroatoms. The first-order valence-electron chi connectivity index (χ1n) is 2.26. The Bertz CT molecular complexity index is 68.5. The molecule has 0 atom stereocenters. The summed E-state index contributed by atoms with van der Waals surface area (Å²) in [6.07, 6.45) is 0.926. The van der Waals surface area contributed by atoms with Crippen LogP contribution < -0.4 is 0 Å². The van der Waals surface area contributed by atoms with E-state index >= 15 is 0 Å². The molecule has 2 nitrogen and oxygen atoms in total. The Labute approximate surface area is 44.2 Å². The zero-order chi connectivity index (χ0) is 5.70. The van der Waals surface area contributed by atoms with Gasteiger partial charge in [-0.2, -0.15) is 0 Å². The molecular formula is C5H10NO. The average Bonchev–Trinajstić information content (AvgIpc) is 1.68. The molecule has 0 rings (SSSR count). The van der Waals surface area contributed by atoms with Crippen molar-refractivity contribution in [3.05, 3.63) is 7.11 Å². The van der Waals surface area contributed by atoms with Crippen LogP contribution in [0.2, 0.25) is 0 Å². The first kappa shape index (κ1) is 6.47. The van der Waals surface area contributed by atoms with Crippen LogP contribution in [-0.2, 0) is 4.84 Å². The first-order valence-corrected chi connectivity index (χ1v) is 2.26. The minimum atomic E-state index is 0.926. The largest absolute Gasteiger partial charge is 0.392 e. The van der Waals surface area contributed by atoms with E-state index in [1.54, 1.807) is 0 Å². The molecule has 0 aliphatic rings. The third-order valence-electron chi connectivity index (χ3n) is 0.732. The predicted molar refractivity (Wildman–Crippen MR) is 29.8 cm³/mol. The Kier molecular flexibility index (Phi) is 3.38. The molecule has 0 bridgehead atoms. The molecule has 0 aromatic heterocycles. The fourth-order valence-corrected chi connectivity index (χ4v) is 0.175. The third kappa shape index (κ3) is 3.30. The minimum Gasteiger partial charge on any atom is -0.392 e. The Morgan fingerprint density at radius 3 is 2.57 bits per heavy atom. The number of nitrogens with zero attached hydrogens (tertiary/aromatic N) is 1. The van der Waals surface area contributed by atoms with Gasteiger partial charge in [0.1, 0.15) is 0 Å². The van der Waals surface area contributed by atoms with Crippen molar-refractivity contribution in [2.45, 2.75) is 20.3 Å². The number of rotatable bonds is 2. The zero-order valence-corrected chi connectivity index (χ0v) is 4.77. The summed E-state index contributed by atoms with van der Waals surface area (Å²) < 4.78 is 0. The Balaban J connectivity index is 3.29. The lowest BCUT2D eigenvalue weighted by Gasteiger charge is -1.88. The van der Waals surface area contributed by atoms with Crippen LogP contribution in [-0.4, -0.2) is 5.71 Å². The number of oxime groups is 1. The van der Waals surface area contributed by atoms with Crippen LogP contribution in [0.5, 0.6) is 0 Å². The molecule has 0 spiro atoms. The van der Waals surface area contributed by atoms with Crippen molar-refractivity contribution in [1.29, 1.82) is 0 Å². The van der Waals surface area contributed by atoms with Crippen molar-refractivity contribution >= 4 is 5.71 Å². The zero-order valence-electron chi connectivity index (χ0n) is 4.77. The topological polar surface area (TPSA) is 21.6 Å². The van der Waals surface area contributed by atoms with E-state index in [1.165, 1.54) is 0 Å². The summed E-state index contributed by atoms with van der Waals surface area (Å²) in [4.78, 5) is 4.23. The van der Waals surface area contributed by atoms with Gasteiger partial charge in [-0.1, -0.05) is 12.1 Å². The van der Waals surface area contributed by atoms with Crippen LogP contribution in [0.4, 0.5) is 0 Å². The van der Waals surface area contributed by atoms with Gasteiger partial charge in [-0.25, -0.2) is 0 Å². The van der Waals surface area contributed by atoms with Crippen LogP contribution in [0, 0.1) is 7.11 Å². The van der Waals surface area contributed by atoms with Crippen LogP contribution in [0.25, 0.3) is 0 Å². The van der Waals surface area contributed by atoms with Gasteiger partial charge >= 0.3 is 0 Å². The molecule has 1 radical (unpaired) electrons. The molecule has 0 saturated heterocycles. The highest BCUT2D eigenvalue weighted by molar-refractivity contribution is 5.80. The molecule has 0 unspecified atom stereocenters. The van der Waals surface area contributed by atoms with Crippen LogP contribution in [0.1, 0.15) is 20.3 Å². The molecule has 0 aromatic rings. The van der Waals surface area contributed by atoms with Gasteiger partial charge in [0.05, 0.1) is 5.71 Å². The second kappa shape index (κ2) is 3.65. The maximum Gasteiger partial charge on any atom is 0.153 e. The summed E-state index contributed by atoms with van der Waals surface area (Å²) >= 11 is 0. The van der Waals surface area contributed by atoms with Gasteiger partial charge < -0.3 is 4.84 Å². The summed E-state index contributed by atoms with van der Waals surface area (Å²) in [5, 5.41) is 3.55. The number of hydrogen-bond acceptors (Lipinski definition) is 2. The molecule has 0 aliphatic carbocycles. The summed E-state index contributed by atoms with van der Waals surface area (Å²) in [6, 6.07) is 0. The maximum absolute atomic E-state index is 4.23. The maximum atomic E-state index is 4.23. The van der Waals surface area contributed by atoms with E-state index < -0.39 is 0 Å². The van der Waals surface area contributed by atoms with Gasteiger partial charge in [-0.3, -0.25) is 0 Å². The SMILES string of the molecule is [CH2]ON=C(C)CC. The van der Waals surface area contributed by atoms with Crippen molar-refractivity contribution in [2.75, 3.05) is 0 Å². The first-order chi connectivity index (χ1) is 3.31. The van der Waals surface area contributed by atoms with E-state index in [4.69, 9.17) is 0 Å². The van der Waals surface area contributed by atoms with Gasteiger partial charge in [0.2, 0.25) is 0 Å². The average molecular weight is 100 g/mol. The van der Waals surface area contributed by atoms with Crippen molar-refractivity contribution in [1.82, 2.24) is 0 Å². The Hall–Kier alpha value is -0.530. The normalized spacial score (nSPS) is 11.6. The second-order valence-corrected chi connectivity index (χ2v) is 1.31. The molecule has 0 amide bonds. The molecule has 0 fully saturated rings. The fraction of sp³-hybridized carbons (Fsp3) is 0.600. The van der Waals surface area contributed by atoms with Gasteiger partial charge in [-0.05, 0) is 13.3 Å². The van der Waals surface area contributed by atoms with Crippen LogP contribution in [0.3, 0.4) is 0 Å². The Morgan fingerprint density at radius 2 is 2.43 bits per heavy atom. The van der Waals surface area contributed by atoms with Gasteiger partial charge in [0, 0.05) is 0 Å². The molecule has 0 aliphatic heterocycles. The lowest BCUT2D eigenvalue weighted by molar-refractivity contribution is 0.259. The quantitative estimate of drug-likeness (QED) is 0.381. The van der Waals surface area contributed by atoms with Crippen LogP contribution in [0.15, 0.2) is 5.16 Å². The predicted octanol–water partition coefficient (Wildman–Crippen LogP) is 1.58. The molecule has 0 heterocycles. The lowest BCUT2D eigenvalue weighted by atomic mass is 10.3. The highest BCUT2D eigenvalue weighted by Crippen LogP contribution is 1.82. The standard InChI is InChI=1S/C5H10NO/c1-4-5(2)6-7-3/h3-4H2,1-2H3. The highest BCUT2D eigenvalue weighted by atomic mass is 16.6. The van der Waals surface area contributed by atoms with E-state index in [0.29, 0.717) is 0 Å². The van der Waals surface area contributed by atoms with E-state index in [1.807, 2.05) is 13.8 Å². The highest BCUT2D eigenvalue weighted by Gasteiger charge is 1.80. The van der Waals surface area contributed by atoms with Gasteiger partial charge in [0.25, 0.3) is 0 Å². The molecule has 0 N–H and O–H groups in total. The lowest BCUT2D eigenvalue weighted by Crippen LogP contribution is -1.85. The second-order valence-electron chi connectivity index (χ2n) is 1.31. The third-order valence-corrected chi connectivity index (χ3v) is 0.732. The summed E-state index contributed by atoms with van der Waals surface area (Å²) in [5.41, 5.74) is 0.968. The summed E-state index contributed by atoms with van der Waals surface area (Å²) in [6.45, 7) is 3.91. The fourth-order valence-electron chi connectivity index (χ4n) is 0.175. The van der Waals surface area contributed by atoms with E-state index in [9.17, 15) is 0 Å². The van der Waals surface area contributed by atoms with Crippen molar-refractivity contribution in [3.8, 4) is 0 Å². The number of hydrogen-bond donors (Lipinski definition) is 0. The van der Waals surface area contributed by atoms with Crippen molar-refractivity contribution < 1.29 is 4.84 Å². The van der Waals surface area contributed by atoms with Crippen LogP contribution >= 0.6 is 0 Å². The monoisotopic (exact) mass is 100 g/mol. The Morgan fingerprint density at radius 1 is 1.86 bits per heavy atom.